The van der Waals surface area contributed by atoms with Crippen LogP contribution in [0.15, 0.2) is 60.9 Å². The van der Waals surface area contributed by atoms with Gasteiger partial charge in [0.1, 0.15) is 11.4 Å². The minimum atomic E-state index is -4.53. The number of anilines is 3. The van der Waals surface area contributed by atoms with Crippen LogP contribution in [0.2, 0.25) is 0 Å². The van der Waals surface area contributed by atoms with Gasteiger partial charge in [0.15, 0.2) is 5.82 Å². The molecule has 0 saturated heterocycles. The summed E-state index contributed by atoms with van der Waals surface area (Å²) >= 11 is 0. The summed E-state index contributed by atoms with van der Waals surface area (Å²) in [7, 11) is 1.23. The minimum Gasteiger partial charge on any atom is -0.424 e. The largest absolute Gasteiger partial charge is 0.433 e. The Morgan fingerprint density at radius 1 is 0.902 bits per heavy atom. The molecular formula is C26H22F6N8O. The highest BCUT2D eigenvalue weighted by Crippen LogP contribution is 2.32. The summed E-state index contributed by atoms with van der Waals surface area (Å²) in [4.78, 5) is 11.8. The number of hydrogen-bond donors (Lipinski definition) is 2. The number of aromatic nitrogens is 6. The number of rotatable bonds is 8. The van der Waals surface area contributed by atoms with Crippen LogP contribution in [0.1, 0.15) is 23.7 Å². The lowest BCUT2D eigenvalue weighted by Gasteiger charge is -2.10. The van der Waals surface area contributed by atoms with Crippen molar-refractivity contribution >= 4 is 28.5 Å². The molecule has 0 bridgehead atoms. The van der Waals surface area contributed by atoms with E-state index in [4.69, 9.17) is 4.74 Å². The Bertz CT molecular complexity index is 1660. The van der Waals surface area contributed by atoms with E-state index in [0.717, 1.165) is 21.8 Å². The van der Waals surface area contributed by atoms with Gasteiger partial charge < -0.3 is 19.9 Å². The SMILES string of the molecule is CCn1c(NCc2ccc(Oc3ncc(C(F)(F)F)cn3)cc2)nc2ccc(Nc3cc(C(F)(F)F)n(C)n3)cc21. The molecule has 2 N–H and O–H groups in total. The van der Waals surface area contributed by atoms with Crippen molar-refractivity contribution in [2.24, 2.45) is 7.05 Å². The average Bonchev–Trinajstić information content (AvgIpc) is 3.47. The number of hydrogen-bond acceptors (Lipinski definition) is 7. The Kier molecular flexibility index (Phi) is 7.19. The Hall–Kier alpha value is -4.82. The topological polar surface area (TPSA) is 94.7 Å². The van der Waals surface area contributed by atoms with Gasteiger partial charge >= 0.3 is 18.4 Å². The van der Waals surface area contributed by atoms with Crippen LogP contribution in [0.4, 0.5) is 43.8 Å². The Morgan fingerprint density at radius 2 is 1.61 bits per heavy atom. The van der Waals surface area contributed by atoms with E-state index in [1.165, 1.54) is 7.05 Å². The van der Waals surface area contributed by atoms with Crippen LogP contribution in [0, 0.1) is 0 Å². The maximum absolute atomic E-state index is 13.1. The molecule has 0 aliphatic heterocycles. The van der Waals surface area contributed by atoms with Crippen LogP contribution in [-0.4, -0.2) is 29.3 Å². The van der Waals surface area contributed by atoms with Crippen molar-refractivity contribution in [3.8, 4) is 11.8 Å². The predicted molar refractivity (Wildman–Crippen MR) is 138 cm³/mol. The molecule has 5 aromatic rings. The maximum atomic E-state index is 13.1. The monoisotopic (exact) mass is 576 g/mol. The van der Waals surface area contributed by atoms with Gasteiger partial charge in [-0.1, -0.05) is 12.1 Å². The first-order valence-electron chi connectivity index (χ1n) is 12.2. The third-order valence-electron chi connectivity index (χ3n) is 6.05. The summed E-state index contributed by atoms with van der Waals surface area (Å²) in [5, 5.41) is 10.1. The van der Waals surface area contributed by atoms with E-state index < -0.39 is 23.6 Å². The molecule has 214 valence electrons. The van der Waals surface area contributed by atoms with E-state index in [0.29, 0.717) is 48.4 Å². The van der Waals surface area contributed by atoms with Gasteiger partial charge in [-0.3, -0.25) is 4.68 Å². The first-order chi connectivity index (χ1) is 19.4. The van der Waals surface area contributed by atoms with Crippen LogP contribution in [0.25, 0.3) is 11.0 Å². The third kappa shape index (κ3) is 6.18. The Balaban J connectivity index is 1.25. The second-order valence-corrected chi connectivity index (χ2v) is 8.90. The van der Waals surface area contributed by atoms with Crippen molar-refractivity contribution in [3.63, 3.8) is 0 Å². The fourth-order valence-electron chi connectivity index (χ4n) is 4.07. The van der Waals surface area contributed by atoms with Crippen molar-refractivity contribution < 1.29 is 31.1 Å². The Morgan fingerprint density at radius 3 is 2.22 bits per heavy atom. The van der Waals surface area contributed by atoms with Crippen LogP contribution in [0.3, 0.4) is 0 Å². The summed E-state index contributed by atoms with van der Waals surface area (Å²) in [5.74, 6) is 1.01. The molecule has 0 atom stereocenters. The first kappa shape index (κ1) is 27.7. The van der Waals surface area contributed by atoms with Gasteiger partial charge in [0.05, 0.1) is 16.6 Å². The van der Waals surface area contributed by atoms with Crippen LogP contribution >= 0.6 is 0 Å². The number of alkyl halides is 6. The molecule has 0 aliphatic carbocycles. The van der Waals surface area contributed by atoms with Gasteiger partial charge in [-0.15, -0.1) is 0 Å². The molecule has 9 nitrogen and oxygen atoms in total. The van der Waals surface area contributed by atoms with E-state index in [-0.39, 0.29) is 11.8 Å². The normalized spacial score (nSPS) is 12.1. The highest BCUT2D eigenvalue weighted by atomic mass is 19.4. The molecule has 0 fully saturated rings. The van der Waals surface area contributed by atoms with E-state index in [2.05, 4.69) is 30.7 Å². The first-order valence-corrected chi connectivity index (χ1v) is 12.2. The van der Waals surface area contributed by atoms with Gasteiger partial charge in [0.2, 0.25) is 5.95 Å². The third-order valence-corrected chi connectivity index (χ3v) is 6.05. The number of halogens is 6. The molecule has 15 heteroatoms. The fourth-order valence-corrected chi connectivity index (χ4v) is 4.07. The van der Waals surface area contributed by atoms with Gasteiger partial charge in [0, 0.05) is 44.3 Å². The van der Waals surface area contributed by atoms with Crippen molar-refractivity contribution in [1.82, 2.24) is 29.3 Å². The molecule has 0 aliphatic rings. The van der Waals surface area contributed by atoms with Crippen molar-refractivity contribution in [1.29, 1.82) is 0 Å². The Labute approximate surface area is 228 Å². The second-order valence-electron chi connectivity index (χ2n) is 8.90. The lowest BCUT2D eigenvalue weighted by molar-refractivity contribution is -0.143. The molecule has 0 unspecified atom stereocenters. The van der Waals surface area contributed by atoms with Crippen molar-refractivity contribution in [3.05, 3.63) is 77.7 Å². The number of nitrogens with zero attached hydrogens (tertiary/aromatic N) is 6. The highest BCUT2D eigenvalue weighted by Gasteiger charge is 2.35. The zero-order valence-electron chi connectivity index (χ0n) is 21.5. The van der Waals surface area contributed by atoms with Crippen LogP contribution < -0.4 is 15.4 Å². The highest BCUT2D eigenvalue weighted by molar-refractivity contribution is 5.83. The van der Waals surface area contributed by atoms with Gasteiger partial charge in [0.25, 0.3) is 0 Å². The minimum absolute atomic E-state index is 0.0670. The second kappa shape index (κ2) is 10.6. The molecule has 2 aromatic carbocycles. The summed E-state index contributed by atoms with van der Waals surface area (Å²) in [6, 6.07) is 12.8. The zero-order chi connectivity index (χ0) is 29.4. The molecule has 0 amide bonds. The smallest absolute Gasteiger partial charge is 0.424 e. The number of benzene rings is 2. The quantitative estimate of drug-likeness (QED) is 0.197. The number of aryl methyl sites for hydroxylation is 2. The lowest BCUT2D eigenvalue weighted by atomic mass is 10.2. The van der Waals surface area contributed by atoms with Crippen LogP contribution in [-0.2, 0) is 32.5 Å². The number of fused-ring (bicyclic) bond motifs is 1. The summed E-state index contributed by atoms with van der Waals surface area (Å²) in [6.45, 7) is 2.92. The van der Waals surface area contributed by atoms with E-state index in [1.54, 1.807) is 42.5 Å². The maximum Gasteiger partial charge on any atom is 0.433 e. The number of nitrogens with one attached hydrogen (secondary N) is 2. The van der Waals surface area contributed by atoms with E-state index in [9.17, 15) is 26.3 Å². The van der Waals surface area contributed by atoms with Gasteiger partial charge in [-0.2, -0.15) is 31.4 Å². The number of ether oxygens (including phenoxy) is 1. The standard InChI is InChI=1S/C26H22F6N8O/c1-3-40-20-10-17(36-22-11-21(26(30,31)32)39(2)38-22)6-9-19(20)37-23(40)33-12-15-4-7-18(8-5-15)41-24-34-13-16(14-35-24)25(27,28)29/h4-11,13-14H,3,12H2,1-2H3,(H,33,37)(H,36,38). The lowest BCUT2D eigenvalue weighted by Crippen LogP contribution is -2.11. The molecule has 3 heterocycles. The molecule has 3 aromatic heterocycles. The predicted octanol–water partition coefficient (Wildman–Crippen LogP) is 6.77. The van der Waals surface area contributed by atoms with Gasteiger partial charge in [-0.25, -0.2) is 15.0 Å². The summed E-state index contributed by atoms with van der Waals surface area (Å²) < 4.78 is 85.5. The summed E-state index contributed by atoms with van der Waals surface area (Å²) in [6.07, 6.45) is -7.74. The molecular weight excluding hydrogens is 554 g/mol. The van der Waals surface area contributed by atoms with Gasteiger partial charge in [-0.05, 0) is 42.8 Å². The molecule has 41 heavy (non-hydrogen) atoms. The summed E-state index contributed by atoms with van der Waals surface area (Å²) in [5.41, 5.74) is 1.06. The molecule has 5 rings (SSSR count). The molecule has 0 spiro atoms. The number of imidazole rings is 1. The molecule has 0 saturated carbocycles. The van der Waals surface area contributed by atoms with E-state index >= 15 is 0 Å². The molecule has 0 radical (unpaired) electrons. The van der Waals surface area contributed by atoms with Crippen LogP contribution in [0.5, 0.6) is 11.8 Å². The fraction of sp³-hybridized carbons (Fsp3) is 0.231. The van der Waals surface area contributed by atoms with E-state index in [1.807, 2.05) is 11.5 Å². The van der Waals surface area contributed by atoms with Crippen molar-refractivity contribution in [2.75, 3.05) is 10.6 Å². The zero-order valence-corrected chi connectivity index (χ0v) is 21.5. The van der Waals surface area contributed by atoms with Crippen molar-refractivity contribution in [2.45, 2.75) is 32.4 Å². The average molecular weight is 577 g/mol.